The maximum atomic E-state index is 8.60. The van der Waals surface area contributed by atoms with Gasteiger partial charge in [-0.1, -0.05) is 17.3 Å². The third-order valence-corrected chi connectivity index (χ3v) is 2.18. The summed E-state index contributed by atoms with van der Waals surface area (Å²) in [6.45, 7) is 3.71. The van der Waals surface area contributed by atoms with Crippen molar-refractivity contribution >= 4 is 16.7 Å². The van der Waals surface area contributed by atoms with Crippen molar-refractivity contribution in [2.75, 3.05) is 0 Å². The number of nitrogens with zero attached hydrogens (tertiary/aromatic N) is 1. The third kappa shape index (κ3) is 1.37. The van der Waals surface area contributed by atoms with Crippen LogP contribution in [0.25, 0.3) is 11.0 Å². The number of benzene rings is 1. The van der Waals surface area contributed by atoms with Crippen LogP contribution >= 0.6 is 0 Å². The summed E-state index contributed by atoms with van der Waals surface area (Å²) < 4.78 is 5.51. The maximum absolute atomic E-state index is 8.60. The van der Waals surface area contributed by atoms with Gasteiger partial charge in [-0.2, -0.15) is 0 Å². The van der Waals surface area contributed by atoms with E-state index in [1.165, 1.54) is 0 Å². The van der Waals surface area contributed by atoms with Gasteiger partial charge in [0.1, 0.15) is 11.3 Å². The van der Waals surface area contributed by atoms with E-state index in [0.717, 1.165) is 16.5 Å². The van der Waals surface area contributed by atoms with Crippen LogP contribution in [0, 0.1) is 6.92 Å². The standard InChI is InChI=1S/C11H11NO2/c1-7-3-4-9-6-10(8(2)12-13)14-11(9)5-7/h3-6,13H,1-2H3. The topological polar surface area (TPSA) is 45.7 Å². The molecule has 0 aliphatic rings. The summed E-state index contributed by atoms with van der Waals surface area (Å²) in [6, 6.07) is 7.84. The average Bonchev–Trinajstić information content (AvgIpc) is 2.59. The van der Waals surface area contributed by atoms with Gasteiger partial charge in [0.15, 0.2) is 5.76 Å². The van der Waals surface area contributed by atoms with Crippen molar-refractivity contribution in [2.24, 2.45) is 5.16 Å². The van der Waals surface area contributed by atoms with E-state index in [9.17, 15) is 0 Å². The summed E-state index contributed by atoms with van der Waals surface area (Å²) in [4.78, 5) is 0. The van der Waals surface area contributed by atoms with Crippen LogP contribution in [-0.2, 0) is 0 Å². The van der Waals surface area contributed by atoms with E-state index in [4.69, 9.17) is 9.62 Å². The number of hydrogen-bond donors (Lipinski definition) is 1. The predicted molar refractivity (Wildman–Crippen MR) is 54.9 cm³/mol. The lowest BCUT2D eigenvalue weighted by Gasteiger charge is -1.90. The first-order valence-corrected chi connectivity index (χ1v) is 4.40. The highest BCUT2D eigenvalue weighted by atomic mass is 16.4. The quantitative estimate of drug-likeness (QED) is 0.426. The summed E-state index contributed by atoms with van der Waals surface area (Å²) in [5.41, 5.74) is 2.46. The lowest BCUT2D eigenvalue weighted by Crippen LogP contribution is -1.89. The molecule has 2 aromatic rings. The van der Waals surface area contributed by atoms with Crippen molar-refractivity contribution in [1.82, 2.24) is 0 Å². The number of hydrogen-bond acceptors (Lipinski definition) is 3. The third-order valence-electron chi connectivity index (χ3n) is 2.18. The van der Waals surface area contributed by atoms with Crippen LogP contribution in [0.2, 0.25) is 0 Å². The molecular weight excluding hydrogens is 178 g/mol. The van der Waals surface area contributed by atoms with Crippen LogP contribution in [0.4, 0.5) is 0 Å². The van der Waals surface area contributed by atoms with Crippen molar-refractivity contribution in [3.05, 3.63) is 35.6 Å². The van der Waals surface area contributed by atoms with E-state index in [-0.39, 0.29) is 0 Å². The molecule has 3 heteroatoms. The molecule has 1 aromatic carbocycles. The first-order chi connectivity index (χ1) is 6.70. The maximum Gasteiger partial charge on any atom is 0.152 e. The summed E-state index contributed by atoms with van der Waals surface area (Å²) in [7, 11) is 0. The molecule has 0 atom stereocenters. The Morgan fingerprint density at radius 2 is 2.14 bits per heavy atom. The highest BCUT2D eigenvalue weighted by Gasteiger charge is 2.06. The fourth-order valence-electron chi connectivity index (χ4n) is 1.37. The summed E-state index contributed by atoms with van der Waals surface area (Å²) in [5, 5.41) is 12.7. The number of rotatable bonds is 1. The van der Waals surface area contributed by atoms with Crippen LogP contribution in [0.5, 0.6) is 0 Å². The van der Waals surface area contributed by atoms with Gasteiger partial charge in [-0.3, -0.25) is 0 Å². The van der Waals surface area contributed by atoms with Gasteiger partial charge in [0.05, 0.1) is 0 Å². The molecule has 2 rings (SSSR count). The van der Waals surface area contributed by atoms with Crippen LogP contribution in [0.1, 0.15) is 18.2 Å². The van der Waals surface area contributed by atoms with Gasteiger partial charge >= 0.3 is 0 Å². The van der Waals surface area contributed by atoms with E-state index < -0.39 is 0 Å². The number of oxime groups is 1. The molecule has 0 aliphatic heterocycles. The average molecular weight is 189 g/mol. The number of fused-ring (bicyclic) bond motifs is 1. The second-order valence-electron chi connectivity index (χ2n) is 3.34. The van der Waals surface area contributed by atoms with Gasteiger partial charge in [0.2, 0.25) is 0 Å². The molecule has 0 bridgehead atoms. The molecule has 3 nitrogen and oxygen atoms in total. The van der Waals surface area contributed by atoms with E-state index in [2.05, 4.69) is 5.16 Å². The zero-order chi connectivity index (χ0) is 10.1. The predicted octanol–water partition coefficient (Wildman–Crippen LogP) is 2.94. The first kappa shape index (κ1) is 8.81. The highest BCUT2D eigenvalue weighted by molar-refractivity contribution is 5.99. The lowest BCUT2D eigenvalue weighted by molar-refractivity contribution is 0.318. The minimum Gasteiger partial charge on any atom is -0.455 e. The molecule has 0 amide bonds. The fraction of sp³-hybridized carbons (Fsp3) is 0.182. The summed E-state index contributed by atoms with van der Waals surface area (Å²) in [6.07, 6.45) is 0. The molecule has 14 heavy (non-hydrogen) atoms. The zero-order valence-corrected chi connectivity index (χ0v) is 8.11. The molecule has 0 saturated heterocycles. The van der Waals surface area contributed by atoms with Gasteiger partial charge in [0, 0.05) is 5.39 Å². The van der Waals surface area contributed by atoms with E-state index in [1.54, 1.807) is 6.92 Å². The lowest BCUT2D eigenvalue weighted by atomic mass is 10.2. The van der Waals surface area contributed by atoms with Crippen LogP contribution in [0.15, 0.2) is 33.8 Å². The Hall–Kier alpha value is -1.77. The minimum absolute atomic E-state index is 0.485. The largest absolute Gasteiger partial charge is 0.455 e. The summed E-state index contributed by atoms with van der Waals surface area (Å²) >= 11 is 0. The molecule has 0 fully saturated rings. The molecule has 0 saturated carbocycles. The Balaban J connectivity index is 2.62. The van der Waals surface area contributed by atoms with Gasteiger partial charge in [-0.25, -0.2) is 0 Å². The normalized spacial score (nSPS) is 12.3. The van der Waals surface area contributed by atoms with Crippen molar-refractivity contribution < 1.29 is 9.62 Å². The Kier molecular flexibility index (Phi) is 2.00. The van der Waals surface area contributed by atoms with E-state index in [0.29, 0.717) is 11.5 Å². The highest BCUT2D eigenvalue weighted by Crippen LogP contribution is 2.20. The second-order valence-corrected chi connectivity index (χ2v) is 3.34. The van der Waals surface area contributed by atoms with Crippen LogP contribution in [-0.4, -0.2) is 10.9 Å². The first-order valence-electron chi connectivity index (χ1n) is 4.40. The van der Waals surface area contributed by atoms with Gasteiger partial charge in [-0.15, -0.1) is 0 Å². The van der Waals surface area contributed by atoms with Crippen molar-refractivity contribution in [1.29, 1.82) is 0 Å². The van der Waals surface area contributed by atoms with Crippen molar-refractivity contribution in [3.8, 4) is 0 Å². The Morgan fingerprint density at radius 3 is 2.86 bits per heavy atom. The van der Waals surface area contributed by atoms with Gasteiger partial charge in [0.25, 0.3) is 0 Å². The molecule has 0 aliphatic carbocycles. The molecular formula is C11H11NO2. The Labute approximate surface area is 81.6 Å². The SMILES string of the molecule is CC(=NO)c1cc2ccc(C)cc2o1. The molecule has 0 unspecified atom stereocenters. The fourth-order valence-corrected chi connectivity index (χ4v) is 1.37. The second kappa shape index (κ2) is 3.18. The molecule has 0 spiro atoms. The van der Waals surface area contributed by atoms with Crippen LogP contribution < -0.4 is 0 Å². The zero-order valence-electron chi connectivity index (χ0n) is 8.11. The molecule has 1 N–H and O–H groups in total. The van der Waals surface area contributed by atoms with Crippen LogP contribution in [0.3, 0.4) is 0 Å². The molecule has 1 aromatic heterocycles. The van der Waals surface area contributed by atoms with Crippen molar-refractivity contribution in [2.45, 2.75) is 13.8 Å². The Bertz CT molecular complexity index is 497. The molecule has 1 heterocycles. The number of aryl methyl sites for hydroxylation is 1. The Morgan fingerprint density at radius 1 is 1.36 bits per heavy atom. The smallest absolute Gasteiger partial charge is 0.152 e. The monoisotopic (exact) mass is 189 g/mol. The van der Waals surface area contributed by atoms with E-state index in [1.807, 2.05) is 31.2 Å². The molecule has 72 valence electrons. The van der Waals surface area contributed by atoms with E-state index >= 15 is 0 Å². The van der Waals surface area contributed by atoms with Gasteiger partial charge in [-0.05, 0) is 31.5 Å². The number of furan rings is 1. The van der Waals surface area contributed by atoms with Gasteiger partial charge < -0.3 is 9.62 Å². The summed E-state index contributed by atoms with van der Waals surface area (Å²) in [5.74, 6) is 0.605. The minimum atomic E-state index is 0.485. The molecule has 0 radical (unpaired) electrons. The van der Waals surface area contributed by atoms with Crippen molar-refractivity contribution in [3.63, 3.8) is 0 Å².